The van der Waals surface area contributed by atoms with Crippen LogP contribution in [0, 0.1) is 6.92 Å². The second kappa shape index (κ2) is 8.75. The number of aromatic nitrogens is 4. The fraction of sp³-hybridized carbons (Fsp3) is 0.125. The fourth-order valence-corrected chi connectivity index (χ4v) is 5.77. The summed E-state index contributed by atoms with van der Waals surface area (Å²) >= 11 is 7.55. The molecule has 0 bridgehead atoms. The number of pyridine rings is 1. The molecule has 2 aromatic carbocycles. The first-order valence-corrected chi connectivity index (χ1v) is 13.4. The van der Waals surface area contributed by atoms with Gasteiger partial charge in [-0.3, -0.25) is 0 Å². The molecule has 5 rings (SSSR count). The lowest BCUT2D eigenvalue weighted by Crippen LogP contribution is -2.12. The van der Waals surface area contributed by atoms with Gasteiger partial charge in [-0.1, -0.05) is 47.1 Å². The third-order valence-electron chi connectivity index (χ3n) is 5.70. The SMILES string of the molecule is CSc1ncc2c(Cl)ncc(-c3cn(S(=O)(=O)c4ccc(C)cc4)c4cc(C(F)(F)F)ccc34)c2n1. The smallest absolute Gasteiger partial charge is 0.243 e. The van der Waals surface area contributed by atoms with E-state index in [9.17, 15) is 21.6 Å². The summed E-state index contributed by atoms with van der Waals surface area (Å²) < 4.78 is 68.8. The van der Waals surface area contributed by atoms with Crippen molar-refractivity contribution >= 4 is 55.2 Å². The van der Waals surface area contributed by atoms with Gasteiger partial charge in [0, 0.05) is 35.1 Å². The van der Waals surface area contributed by atoms with E-state index >= 15 is 0 Å². The Morgan fingerprint density at radius 3 is 2.36 bits per heavy atom. The fourth-order valence-electron chi connectivity index (χ4n) is 3.88. The molecule has 6 nitrogen and oxygen atoms in total. The third-order valence-corrected chi connectivity index (χ3v) is 8.25. The van der Waals surface area contributed by atoms with Gasteiger partial charge < -0.3 is 0 Å². The predicted octanol–water partition coefficient (Wildman–Crippen LogP) is 6.59. The van der Waals surface area contributed by atoms with E-state index in [2.05, 4.69) is 15.0 Å². The number of hydrogen-bond donors (Lipinski definition) is 0. The Morgan fingerprint density at radius 2 is 1.69 bits per heavy atom. The molecule has 0 spiro atoms. The molecule has 0 amide bonds. The first-order valence-electron chi connectivity index (χ1n) is 10.4. The van der Waals surface area contributed by atoms with Crippen LogP contribution in [0.3, 0.4) is 0 Å². The number of aryl methyl sites for hydroxylation is 1. The molecule has 12 heteroatoms. The molecule has 0 fully saturated rings. The van der Waals surface area contributed by atoms with Crippen LogP contribution in [0.5, 0.6) is 0 Å². The van der Waals surface area contributed by atoms with Gasteiger partial charge in [0.05, 0.1) is 26.9 Å². The number of rotatable bonds is 4. The summed E-state index contributed by atoms with van der Waals surface area (Å²) in [6.07, 6.45) is 1.37. The van der Waals surface area contributed by atoms with Gasteiger partial charge in [0.15, 0.2) is 5.16 Å². The zero-order valence-corrected chi connectivity index (χ0v) is 21.1. The molecule has 3 heterocycles. The number of nitrogens with zero attached hydrogens (tertiary/aromatic N) is 4. The molecule has 5 aromatic rings. The average Bonchev–Trinajstić information content (AvgIpc) is 3.23. The zero-order chi connectivity index (χ0) is 25.8. The van der Waals surface area contributed by atoms with Crippen molar-refractivity contribution in [2.75, 3.05) is 6.26 Å². The highest BCUT2D eigenvalue weighted by Crippen LogP contribution is 2.40. The number of thioether (sulfide) groups is 1. The van der Waals surface area contributed by atoms with Crippen molar-refractivity contribution in [2.24, 2.45) is 0 Å². The molecule has 0 aliphatic carbocycles. The summed E-state index contributed by atoms with van der Waals surface area (Å²) in [4.78, 5) is 12.9. The minimum atomic E-state index is -4.66. The van der Waals surface area contributed by atoms with Crippen LogP contribution in [0.2, 0.25) is 5.15 Å². The first kappa shape index (κ1) is 24.5. The van der Waals surface area contributed by atoms with E-state index in [0.29, 0.717) is 27.2 Å². The molecule has 0 N–H and O–H groups in total. The minimum Gasteiger partial charge on any atom is -0.243 e. The van der Waals surface area contributed by atoms with Crippen LogP contribution in [-0.4, -0.2) is 33.6 Å². The van der Waals surface area contributed by atoms with E-state index in [1.807, 2.05) is 0 Å². The summed E-state index contributed by atoms with van der Waals surface area (Å²) in [6.45, 7) is 1.80. The quantitative estimate of drug-likeness (QED) is 0.143. The Kier molecular flexibility index (Phi) is 5.97. The molecule has 0 aliphatic heterocycles. The maximum atomic E-state index is 13.6. The van der Waals surface area contributed by atoms with Crippen molar-refractivity contribution in [1.82, 2.24) is 18.9 Å². The van der Waals surface area contributed by atoms with E-state index in [1.165, 1.54) is 48.6 Å². The van der Waals surface area contributed by atoms with Gasteiger partial charge in [-0.2, -0.15) is 13.2 Å². The number of fused-ring (bicyclic) bond motifs is 2. The predicted molar refractivity (Wildman–Crippen MR) is 134 cm³/mol. The van der Waals surface area contributed by atoms with Crippen LogP contribution in [0.4, 0.5) is 13.2 Å². The number of alkyl halides is 3. The maximum Gasteiger partial charge on any atom is 0.416 e. The lowest BCUT2D eigenvalue weighted by molar-refractivity contribution is -0.137. The van der Waals surface area contributed by atoms with Crippen molar-refractivity contribution in [3.05, 3.63) is 77.3 Å². The molecule has 0 unspecified atom stereocenters. The van der Waals surface area contributed by atoms with Crippen LogP contribution >= 0.6 is 23.4 Å². The number of benzene rings is 2. The Hall–Kier alpha value is -3.15. The highest BCUT2D eigenvalue weighted by Gasteiger charge is 2.32. The molecule has 184 valence electrons. The Morgan fingerprint density at radius 1 is 0.972 bits per heavy atom. The molecular weight excluding hydrogens is 533 g/mol. The van der Waals surface area contributed by atoms with Crippen LogP contribution < -0.4 is 0 Å². The topological polar surface area (TPSA) is 77.7 Å². The second-order valence-electron chi connectivity index (χ2n) is 7.97. The molecule has 0 radical (unpaired) electrons. The van der Waals surface area contributed by atoms with Crippen LogP contribution in [0.25, 0.3) is 32.9 Å². The van der Waals surface area contributed by atoms with E-state index in [1.54, 1.807) is 25.3 Å². The third kappa shape index (κ3) is 4.10. The van der Waals surface area contributed by atoms with Crippen LogP contribution in [0.15, 0.2) is 71.1 Å². The van der Waals surface area contributed by atoms with Crippen LogP contribution in [0.1, 0.15) is 11.1 Å². The Bertz CT molecular complexity index is 1750. The lowest BCUT2D eigenvalue weighted by Gasteiger charge is -2.10. The highest BCUT2D eigenvalue weighted by atomic mass is 35.5. The molecule has 3 aromatic heterocycles. The van der Waals surface area contributed by atoms with E-state index in [-0.39, 0.29) is 21.0 Å². The average molecular weight is 549 g/mol. The molecule has 0 saturated heterocycles. The number of halogens is 4. The number of hydrogen-bond acceptors (Lipinski definition) is 6. The normalized spacial score (nSPS) is 12.5. The van der Waals surface area contributed by atoms with Crippen molar-refractivity contribution in [3.8, 4) is 11.1 Å². The van der Waals surface area contributed by atoms with E-state index in [0.717, 1.165) is 21.7 Å². The maximum absolute atomic E-state index is 13.6. The standard InChI is InChI=1S/C24H16ClF3N4O2S2/c1-13-3-6-15(7-4-13)36(33,34)32-12-19(16-8-5-14(9-20(16)32)24(26,27)28)17-10-29-22(25)18-11-30-23(35-2)31-21(17)18/h3-12H,1-2H3. The van der Waals surface area contributed by atoms with Crippen molar-refractivity contribution in [3.63, 3.8) is 0 Å². The van der Waals surface area contributed by atoms with Gasteiger partial charge >= 0.3 is 6.18 Å². The van der Waals surface area contributed by atoms with Gasteiger partial charge in [0.25, 0.3) is 10.0 Å². The van der Waals surface area contributed by atoms with Gasteiger partial charge in [-0.15, -0.1) is 0 Å². The van der Waals surface area contributed by atoms with Gasteiger partial charge in [-0.05, 0) is 37.4 Å². The minimum absolute atomic E-state index is 0.0555. The molecule has 0 saturated carbocycles. The summed E-state index contributed by atoms with van der Waals surface area (Å²) in [5.74, 6) is 0. The molecule has 0 atom stereocenters. The zero-order valence-electron chi connectivity index (χ0n) is 18.7. The molecular formula is C24H16ClF3N4O2S2. The molecule has 0 aliphatic rings. The monoisotopic (exact) mass is 548 g/mol. The van der Waals surface area contributed by atoms with Crippen molar-refractivity contribution in [1.29, 1.82) is 0 Å². The summed E-state index contributed by atoms with van der Waals surface area (Å²) in [7, 11) is -4.24. The summed E-state index contributed by atoms with van der Waals surface area (Å²) in [5.41, 5.74) is 0.910. The van der Waals surface area contributed by atoms with Crippen molar-refractivity contribution in [2.45, 2.75) is 23.2 Å². The Balaban J connectivity index is 1.86. The van der Waals surface area contributed by atoms with Gasteiger partial charge in [0.1, 0.15) is 5.15 Å². The lowest BCUT2D eigenvalue weighted by atomic mass is 10.0. The molecule has 36 heavy (non-hydrogen) atoms. The van der Waals surface area contributed by atoms with Gasteiger partial charge in [0.2, 0.25) is 0 Å². The summed E-state index contributed by atoms with van der Waals surface area (Å²) in [5, 5.41) is 1.31. The van der Waals surface area contributed by atoms with Crippen molar-refractivity contribution < 1.29 is 21.6 Å². The largest absolute Gasteiger partial charge is 0.416 e. The first-order chi connectivity index (χ1) is 17.0. The van der Waals surface area contributed by atoms with E-state index in [4.69, 9.17) is 11.6 Å². The van der Waals surface area contributed by atoms with Gasteiger partial charge in [-0.25, -0.2) is 27.3 Å². The van der Waals surface area contributed by atoms with E-state index < -0.39 is 21.8 Å². The highest BCUT2D eigenvalue weighted by molar-refractivity contribution is 7.98. The summed E-state index contributed by atoms with van der Waals surface area (Å²) in [6, 6.07) is 9.09. The Labute approximate surface area is 213 Å². The van der Waals surface area contributed by atoms with Crippen LogP contribution in [-0.2, 0) is 16.2 Å². The second-order valence-corrected chi connectivity index (χ2v) is 10.9.